The number of carbonyl (C=O) groups excluding carboxylic acids is 2. The van der Waals surface area contributed by atoms with Gasteiger partial charge in [0.1, 0.15) is 0 Å². The highest BCUT2D eigenvalue weighted by molar-refractivity contribution is 5.83. The molecule has 29 heavy (non-hydrogen) atoms. The third-order valence-corrected chi connectivity index (χ3v) is 7.27. The van der Waals surface area contributed by atoms with Crippen molar-refractivity contribution in [3.05, 3.63) is 48.0 Å². The maximum absolute atomic E-state index is 13.4. The fourth-order valence-corrected chi connectivity index (χ4v) is 5.40. The second kappa shape index (κ2) is 8.31. The topological polar surface area (TPSA) is 43.9 Å². The van der Waals surface area contributed by atoms with E-state index in [2.05, 4.69) is 47.6 Å². The molecule has 1 aromatic carbocycles. The molecule has 5 nitrogen and oxygen atoms in total. The van der Waals surface area contributed by atoms with Crippen LogP contribution in [0.2, 0.25) is 0 Å². The molecule has 0 radical (unpaired) electrons. The molecule has 1 aromatic rings. The Labute approximate surface area is 174 Å². The van der Waals surface area contributed by atoms with E-state index in [9.17, 15) is 9.59 Å². The summed E-state index contributed by atoms with van der Waals surface area (Å²) in [6, 6.07) is 8.47. The number of rotatable bonds is 4. The number of likely N-dealkylation sites (N-methyl/N-ethyl adjacent to an activating group) is 1. The van der Waals surface area contributed by atoms with Crippen molar-refractivity contribution in [3.63, 3.8) is 0 Å². The number of fused-ring (bicyclic) bond motifs is 1. The van der Waals surface area contributed by atoms with Crippen LogP contribution < -0.4 is 0 Å². The molecule has 3 heterocycles. The van der Waals surface area contributed by atoms with Crippen LogP contribution in [0.1, 0.15) is 43.7 Å². The minimum Gasteiger partial charge on any atom is -0.341 e. The van der Waals surface area contributed by atoms with Crippen molar-refractivity contribution in [1.82, 2.24) is 14.7 Å². The van der Waals surface area contributed by atoms with Crippen molar-refractivity contribution < 1.29 is 9.59 Å². The fourth-order valence-electron chi connectivity index (χ4n) is 5.40. The van der Waals surface area contributed by atoms with Gasteiger partial charge in [0.15, 0.2) is 0 Å². The molecule has 2 amide bonds. The van der Waals surface area contributed by atoms with Crippen LogP contribution in [0, 0.1) is 5.41 Å². The lowest BCUT2D eigenvalue weighted by atomic mass is 9.72. The molecule has 3 aliphatic heterocycles. The Kier molecular flexibility index (Phi) is 5.77. The summed E-state index contributed by atoms with van der Waals surface area (Å²) in [6.45, 7) is 10.8. The summed E-state index contributed by atoms with van der Waals surface area (Å²) in [6.07, 6.45) is 6.20. The first-order chi connectivity index (χ1) is 14.0. The quantitative estimate of drug-likeness (QED) is 0.737. The van der Waals surface area contributed by atoms with Crippen molar-refractivity contribution >= 4 is 11.8 Å². The fraction of sp³-hybridized carbons (Fsp3) is 0.583. The van der Waals surface area contributed by atoms with Crippen molar-refractivity contribution in [2.45, 2.75) is 51.6 Å². The zero-order valence-electron chi connectivity index (χ0n) is 17.6. The number of benzene rings is 1. The molecule has 1 spiro atoms. The predicted octanol–water partition coefficient (Wildman–Crippen LogP) is 2.85. The molecule has 0 bridgehead atoms. The van der Waals surface area contributed by atoms with Crippen LogP contribution in [-0.4, -0.2) is 65.3 Å². The lowest BCUT2D eigenvalue weighted by Crippen LogP contribution is -2.56. The average molecular weight is 396 g/mol. The summed E-state index contributed by atoms with van der Waals surface area (Å²) in [5.74, 6) is 0.527. The number of hydrogen-bond donors (Lipinski definition) is 0. The summed E-state index contributed by atoms with van der Waals surface area (Å²) in [4.78, 5) is 31.9. The smallest absolute Gasteiger partial charge is 0.240 e. The van der Waals surface area contributed by atoms with Gasteiger partial charge in [-0.25, -0.2) is 0 Å². The van der Waals surface area contributed by atoms with Gasteiger partial charge in [-0.3, -0.25) is 14.5 Å². The van der Waals surface area contributed by atoms with Crippen LogP contribution >= 0.6 is 0 Å². The summed E-state index contributed by atoms with van der Waals surface area (Å²) < 4.78 is 0. The molecule has 4 rings (SSSR count). The first kappa shape index (κ1) is 20.1. The Morgan fingerprint density at radius 2 is 1.93 bits per heavy atom. The maximum atomic E-state index is 13.4. The predicted molar refractivity (Wildman–Crippen MR) is 114 cm³/mol. The van der Waals surface area contributed by atoms with Crippen LogP contribution in [0.15, 0.2) is 36.9 Å². The zero-order chi connectivity index (χ0) is 20.4. The molecule has 0 aromatic heterocycles. The zero-order valence-corrected chi connectivity index (χ0v) is 17.6. The van der Waals surface area contributed by atoms with Gasteiger partial charge in [-0.15, -0.1) is 6.58 Å². The lowest BCUT2D eigenvalue weighted by Gasteiger charge is -2.48. The van der Waals surface area contributed by atoms with Gasteiger partial charge in [0.2, 0.25) is 11.8 Å². The van der Waals surface area contributed by atoms with Gasteiger partial charge < -0.3 is 9.80 Å². The number of nitrogens with zero attached hydrogens (tertiary/aromatic N) is 3. The van der Waals surface area contributed by atoms with E-state index in [4.69, 9.17) is 0 Å². The molecule has 5 heteroatoms. The number of hydrogen-bond acceptors (Lipinski definition) is 3. The largest absolute Gasteiger partial charge is 0.341 e. The second-order valence-electron chi connectivity index (χ2n) is 8.94. The van der Waals surface area contributed by atoms with E-state index in [-0.39, 0.29) is 23.3 Å². The Bertz CT molecular complexity index is 782. The molecule has 2 saturated heterocycles. The van der Waals surface area contributed by atoms with Crippen LogP contribution in [0.5, 0.6) is 0 Å². The number of amides is 2. The Balaban J connectivity index is 1.41. The first-order valence-electron chi connectivity index (χ1n) is 11.0. The standard InChI is InChI=1S/C24H33N3O2/c1-3-13-27-18-24(10-9-22(27)28)11-14-26(15-12-24)23(29)21-16-19-7-5-6-8-20(19)17-25(21)4-2/h3,5-8,21H,1,4,9-18H2,2H3/t21-/m0/s1. The van der Waals surface area contributed by atoms with E-state index in [0.717, 1.165) is 58.4 Å². The molecule has 0 saturated carbocycles. The van der Waals surface area contributed by atoms with Crippen LogP contribution in [-0.2, 0) is 22.6 Å². The van der Waals surface area contributed by atoms with E-state index in [1.54, 1.807) is 0 Å². The maximum Gasteiger partial charge on any atom is 0.240 e. The first-order valence-corrected chi connectivity index (χ1v) is 11.0. The SMILES string of the molecule is C=CCN1CC2(CCC1=O)CCN(C(=O)[C@@H]1Cc3ccccc3CN1CC)CC2. The van der Waals surface area contributed by atoms with Crippen LogP contribution in [0.3, 0.4) is 0 Å². The van der Waals surface area contributed by atoms with Gasteiger partial charge in [-0.2, -0.15) is 0 Å². The van der Waals surface area contributed by atoms with E-state index in [0.29, 0.717) is 13.0 Å². The third kappa shape index (κ3) is 3.97. The minimum absolute atomic E-state index is 0.0471. The third-order valence-electron chi connectivity index (χ3n) is 7.27. The van der Waals surface area contributed by atoms with E-state index in [1.807, 2.05) is 11.0 Å². The minimum atomic E-state index is -0.0471. The highest BCUT2D eigenvalue weighted by Crippen LogP contribution is 2.40. The highest BCUT2D eigenvalue weighted by Gasteiger charge is 2.43. The summed E-state index contributed by atoms with van der Waals surface area (Å²) in [5, 5.41) is 0. The molecule has 0 aliphatic carbocycles. The van der Waals surface area contributed by atoms with Crippen LogP contribution in [0.25, 0.3) is 0 Å². The van der Waals surface area contributed by atoms with Gasteiger partial charge in [0.05, 0.1) is 6.04 Å². The molecule has 156 valence electrons. The Morgan fingerprint density at radius 3 is 2.62 bits per heavy atom. The van der Waals surface area contributed by atoms with Crippen LogP contribution in [0.4, 0.5) is 0 Å². The Morgan fingerprint density at radius 1 is 1.21 bits per heavy atom. The number of piperidine rings is 2. The molecule has 2 fully saturated rings. The van der Waals surface area contributed by atoms with E-state index >= 15 is 0 Å². The van der Waals surface area contributed by atoms with Gasteiger partial charge >= 0.3 is 0 Å². The monoisotopic (exact) mass is 395 g/mol. The highest BCUT2D eigenvalue weighted by atomic mass is 16.2. The lowest BCUT2D eigenvalue weighted by molar-refractivity contribution is -0.145. The molecular formula is C24H33N3O2. The number of likely N-dealkylation sites (tertiary alicyclic amines) is 2. The molecule has 0 N–H and O–H groups in total. The van der Waals surface area contributed by atoms with E-state index in [1.165, 1.54) is 11.1 Å². The summed E-state index contributed by atoms with van der Waals surface area (Å²) in [7, 11) is 0. The molecule has 1 atom stereocenters. The Hall–Kier alpha value is -2.14. The van der Waals surface area contributed by atoms with E-state index < -0.39 is 0 Å². The normalized spacial score (nSPS) is 24.4. The van der Waals surface area contributed by atoms with Gasteiger partial charge in [-0.05, 0) is 48.8 Å². The molecule has 3 aliphatic rings. The summed E-state index contributed by atoms with van der Waals surface area (Å²) >= 11 is 0. The van der Waals surface area contributed by atoms with Crippen molar-refractivity contribution in [2.24, 2.45) is 5.41 Å². The second-order valence-corrected chi connectivity index (χ2v) is 8.94. The van der Waals surface area contributed by atoms with Gasteiger partial charge in [-0.1, -0.05) is 37.3 Å². The molecular weight excluding hydrogens is 362 g/mol. The summed E-state index contributed by atoms with van der Waals surface area (Å²) in [5.41, 5.74) is 2.84. The number of carbonyl (C=O) groups is 2. The average Bonchev–Trinajstić information content (AvgIpc) is 2.76. The molecule has 0 unspecified atom stereocenters. The van der Waals surface area contributed by atoms with Crippen molar-refractivity contribution in [1.29, 1.82) is 0 Å². The van der Waals surface area contributed by atoms with Crippen molar-refractivity contribution in [3.8, 4) is 0 Å². The van der Waals surface area contributed by atoms with Gasteiger partial charge in [0, 0.05) is 39.1 Å². The van der Waals surface area contributed by atoms with Crippen molar-refractivity contribution in [2.75, 3.05) is 32.7 Å². The van der Waals surface area contributed by atoms with Gasteiger partial charge in [0.25, 0.3) is 0 Å².